The van der Waals surface area contributed by atoms with Gasteiger partial charge >= 0.3 is 0 Å². The number of nitrogens with one attached hydrogen (secondary N) is 2. The third-order valence-electron chi connectivity index (χ3n) is 2.57. The van der Waals surface area contributed by atoms with Gasteiger partial charge in [0.05, 0.1) is 13.1 Å². The van der Waals surface area contributed by atoms with Crippen LogP contribution in [0.15, 0.2) is 24.3 Å². The molecule has 0 fully saturated rings. The highest BCUT2D eigenvalue weighted by atomic mass is 16.2. The van der Waals surface area contributed by atoms with E-state index in [0.29, 0.717) is 5.56 Å². The zero-order valence-corrected chi connectivity index (χ0v) is 11.2. The molecule has 0 aliphatic heterocycles. The highest BCUT2D eigenvalue weighted by Crippen LogP contribution is 2.04. The molecule has 5 nitrogen and oxygen atoms in total. The Kier molecular flexibility index (Phi) is 5.73. The maximum Gasteiger partial charge on any atom is 0.251 e. The van der Waals surface area contributed by atoms with Gasteiger partial charge in [0.2, 0.25) is 5.91 Å². The second-order valence-electron chi connectivity index (χ2n) is 4.21. The van der Waals surface area contributed by atoms with Crippen molar-refractivity contribution in [1.29, 1.82) is 0 Å². The Labute approximate surface area is 112 Å². The number of rotatable bonds is 6. The molecular formula is C14H18N2O3. The lowest BCUT2D eigenvalue weighted by Crippen LogP contribution is -2.38. The van der Waals surface area contributed by atoms with Gasteiger partial charge in [-0.25, -0.2) is 0 Å². The highest BCUT2D eigenvalue weighted by Gasteiger charge is 2.07. The summed E-state index contributed by atoms with van der Waals surface area (Å²) in [6.45, 7) is 3.27. The van der Waals surface area contributed by atoms with Crippen molar-refractivity contribution in [2.45, 2.75) is 20.3 Å². The normalized spacial score (nSPS) is 9.79. The van der Waals surface area contributed by atoms with Crippen LogP contribution in [0.4, 0.5) is 0 Å². The van der Waals surface area contributed by atoms with Gasteiger partial charge in [-0.1, -0.05) is 19.1 Å². The quantitative estimate of drug-likeness (QED) is 0.791. The van der Waals surface area contributed by atoms with Crippen molar-refractivity contribution in [3.8, 4) is 0 Å². The van der Waals surface area contributed by atoms with Crippen LogP contribution in [0.3, 0.4) is 0 Å². The highest BCUT2D eigenvalue weighted by molar-refractivity contribution is 5.96. The molecule has 0 atom stereocenters. The molecule has 5 heteroatoms. The molecule has 0 bridgehead atoms. The largest absolute Gasteiger partial charge is 0.348 e. The first kappa shape index (κ1) is 14.9. The molecule has 1 aromatic carbocycles. The number of hydrogen-bond donors (Lipinski definition) is 2. The van der Waals surface area contributed by atoms with E-state index in [0.717, 1.165) is 12.0 Å². The van der Waals surface area contributed by atoms with Crippen LogP contribution in [0.2, 0.25) is 0 Å². The summed E-state index contributed by atoms with van der Waals surface area (Å²) >= 11 is 0. The molecule has 0 heterocycles. The molecule has 19 heavy (non-hydrogen) atoms. The van der Waals surface area contributed by atoms with E-state index in [1.54, 1.807) is 12.1 Å². The SMILES string of the molecule is CCc1ccc(C(=O)NCC(=O)NCC(C)=O)cc1. The monoisotopic (exact) mass is 262 g/mol. The van der Waals surface area contributed by atoms with Crippen LogP contribution in [-0.2, 0) is 16.0 Å². The first-order valence-corrected chi connectivity index (χ1v) is 6.16. The first-order chi connectivity index (χ1) is 9.02. The summed E-state index contributed by atoms with van der Waals surface area (Å²) in [4.78, 5) is 33.7. The van der Waals surface area contributed by atoms with Gasteiger partial charge in [-0.2, -0.15) is 0 Å². The van der Waals surface area contributed by atoms with Crippen molar-refractivity contribution in [2.24, 2.45) is 0 Å². The number of aryl methyl sites for hydroxylation is 1. The summed E-state index contributed by atoms with van der Waals surface area (Å²) in [5.41, 5.74) is 1.66. The summed E-state index contributed by atoms with van der Waals surface area (Å²) in [7, 11) is 0. The Balaban J connectivity index is 2.42. The molecule has 0 spiro atoms. The molecule has 1 aromatic rings. The number of ketones is 1. The van der Waals surface area contributed by atoms with E-state index in [4.69, 9.17) is 0 Å². The minimum Gasteiger partial charge on any atom is -0.348 e. The van der Waals surface area contributed by atoms with Gasteiger partial charge < -0.3 is 10.6 Å². The van der Waals surface area contributed by atoms with Gasteiger partial charge in [0, 0.05) is 5.56 Å². The van der Waals surface area contributed by atoms with Gasteiger partial charge in [0.15, 0.2) is 0 Å². The predicted molar refractivity (Wildman–Crippen MR) is 71.8 cm³/mol. The minimum atomic E-state index is -0.381. The maximum absolute atomic E-state index is 11.7. The Bertz CT molecular complexity index is 466. The molecule has 2 N–H and O–H groups in total. The van der Waals surface area contributed by atoms with Crippen LogP contribution in [-0.4, -0.2) is 30.7 Å². The second kappa shape index (κ2) is 7.31. The first-order valence-electron chi connectivity index (χ1n) is 6.16. The Morgan fingerprint density at radius 3 is 2.16 bits per heavy atom. The molecule has 0 saturated carbocycles. The van der Waals surface area contributed by atoms with Crippen LogP contribution >= 0.6 is 0 Å². The van der Waals surface area contributed by atoms with Gasteiger partial charge in [0.1, 0.15) is 5.78 Å². The zero-order valence-electron chi connectivity index (χ0n) is 11.2. The number of carbonyl (C=O) groups excluding carboxylic acids is 3. The third kappa shape index (κ3) is 5.33. The van der Waals surface area contributed by atoms with Gasteiger partial charge in [-0.15, -0.1) is 0 Å². The van der Waals surface area contributed by atoms with Gasteiger partial charge in [0.25, 0.3) is 5.91 Å². The molecule has 0 aliphatic rings. The molecule has 0 aliphatic carbocycles. The lowest BCUT2D eigenvalue weighted by Gasteiger charge is -2.06. The van der Waals surface area contributed by atoms with Crippen molar-refractivity contribution in [3.63, 3.8) is 0 Å². The van der Waals surface area contributed by atoms with Crippen molar-refractivity contribution in [2.75, 3.05) is 13.1 Å². The Hall–Kier alpha value is -2.17. The zero-order chi connectivity index (χ0) is 14.3. The topological polar surface area (TPSA) is 75.3 Å². The van der Waals surface area contributed by atoms with Crippen LogP contribution < -0.4 is 10.6 Å². The molecule has 0 radical (unpaired) electrons. The molecule has 102 valence electrons. The van der Waals surface area contributed by atoms with E-state index in [9.17, 15) is 14.4 Å². The summed E-state index contributed by atoms with van der Waals surface area (Å²) in [5, 5.41) is 4.90. The molecule has 0 unspecified atom stereocenters. The number of carbonyl (C=O) groups is 3. The average molecular weight is 262 g/mol. The molecule has 0 aromatic heterocycles. The number of benzene rings is 1. The Morgan fingerprint density at radius 2 is 1.63 bits per heavy atom. The second-order valence-corrected chi connectivity index (χ2v) is 4.21. The standard InChI is InChI=1S/C14H18N2O3/c1-3-11-4-6-12(7-5-11)14(19)16-9-13(18)15-8-10(2)17/h4-7H,3,8-9H2,1-2H3,(H,15,18)(H,16,19). The molecule has 0 saturated heterocycles. The van der Waals surface area contributed by atoms with Crippen LogP contribution in [0, 0.1) is 0 Å². The van der Waals surface area contributed by atoms with Crippen molar-refractivity contribution in [1.82, 2.24) is 10.6 Å². The van der Waals surface area contributed by atoms with Crippen molar-refractivity contribution in [3.05, 3.63) is 35.4 Å². The van der Waals surface area contributed by atoms with Gasteiger partial charge in [-0.05, 0) is 31.0 Å². The lowest BCUT2D eigenvalue weighted by atomic mass is 10.1. The average Bonchev–Trinajstić information content (AvgIpc) is 2.42. The third-order valence-corrected chi connectivity index (χ3v) is 2.57. The number of hydrogen-bond acceptors (Lipinski definition) is 3. The fourth-order valence-corrected chi connectivity index (χ4v) is 1.44. The van der Waals surface area contributed by atoms with Crippen LogP contribution in [0.5, 0.6) is 0 Å². The van der Waals surface area contributed by atoms with E-state index in [1.165, 1.54) is 6.92 Å². The molecule has 2 amide bonds. The fraction of sp³-hybridized carbons (Fsp3) is 0.357. The van der Waals surface area contributed by atoms with E-state index in [-0.39, 0.29) is 30.7 Å². The minimum absolute atomic E-state index is 0.0140. The Morgan fingerprint density at radius 1 is 1.00 bits per heavy atom. The van der Waals surface area contributed by atoms with Crippen LogP contribution in [0.1, 0.15) is 29.8 Å². The van der Waals surface area contributed by atoms with E-state index < -0.39 is 0 Å². The molecular weight excluding hydrogens is 244 g/mol. The van der Waals surface area contributed by atoms with E-state index in [2.05, 4.69) is 10.6 Å². The van der Waals surface area contributed by atoms with E-state index >= 15 is 0 Å². The van der Waals surface area contributed by atoms with Gasteiger partial charge in [-0.3, -0.25) is 14.4 Å². The van der Waals surface area contributed by atoms with Crippen LogP contribution in [0.25, 0.3) is 0 Å². The fourth-order valence-electron chi connectivity index (χ4n) is 1.44. The summed E-state index contributed by atoms with van der Waals surface area (Å²) in [6, 6.07) is 7.21. The number of Topliss-reactive ketones (excluding diaryl/α,β-unsaturated/α-hetero) is 1. The van der Waals surface area contributed by atoms with Crippen molar-refractivity contribution >= 4 is 17.6 Å². The maximum atomic E-state index is 11.7. The predicted octanol–water partition coefficient (Wildman–Crippen LogP) is 0.684. The van der Waals surface area contributed by atoms with Crippen molar-refractivity contribution < 1.29 is 14.4 Å². The van der Waals surface area contributed by atoms with E-state index in [1.807, 2.05) is 19.1 Å². The number of amides is 2. The summed E-state index contributed by atoms with van der Waals surface area (Å²) < 4.78 is 0. The lowest BCUT2D eigenvalue weighted by molar-refractivity contribution is -0.123. The summed E-state index contributed by atoms with van der Waals surface area (Å²) in [6.07, 6.45) is 0.912. The smallest absolute Gasteiger partial charge is 0.251 e. The summed E-state index contributed by atoms with van der Waals surface area (Å²) in [5.74, 6) is -0.816. The molecule has 1 rings (SSSR count).